The van der Waals surface area contributed by atoms with Crippen molar-refractivity contribution in [3.63, 3.8) is 0 Å². The van der Waals surface area contributed by atoms with Crippen LogP contribution in [0.25, 0.3) is 0 Å². The highest BCUT2D eigenvalue weighted by atomic mass is 32.1. The van der Waals surface area contributed by atoms with Crippen LogP contribution in [-0.2, 0) is 6.54 Å². The van der Waals surface area contributed by atoms with Gasteiger partial charge in [0, 0.05) is 18.8 Å². The Morgan fingerprint density at radius 3 is 2.80 bits per heavy atom. The SMILES string of the molecule is Cc1cc2c(cc1CNCCS)OCO2. The third kappa shape index (κ3) is 2.38. The normalized spacial score (nSPS) is 13.2. The summed E-state index contributed by atoms with van der Waals surface area (Å²) in [5, 5.41) is 3.31. The van der Waals surface area contributed by atoms with E-state index in [0.29, 0.717) is 6.79 Å². The summed E-state index contributed by atoms with van der Waals surface area (Å²) in [5.74, 6) is 2.55. The van der Waals surface area contributed by atoms with Crippen molar-refractivity contribution in [1.29, 1.82) is 0 Å². The topological polar surface area (TPSA) is 30.5 Å². The van der Waals surface area contributed by atoms with E-state index in [1.165, 1.54) is 11.1 Å². The molecule has 0 saturated carbocycles. The van der Waals surface area contributed by atoms with Gasteiger partial charge in [-0.25, -0.2) is 0 Å². The molecule has 1 aromatic rings. The largest absolute Gasteiger partial charge is 0.454 e. The zero-order chi connectivity index (χ0) is 10.7. The van der Waals surface area contributed by atoms with E-state index >= 15 is 0 Å². The van der Waals surface area contributed by atoms with Crippen molar-refractivity contribution in [1.82, 2.24) is 5.32 Å². The average molecular weight is 225 g/mol. The van der Waals surface area contributed by atoms with E-state index < -0.39 is 0 Å². The summed E-state index contributed by atoms with van der Waals surface area (Å²) in [5.41, 5.74) is 2.48. The molecule has 1 N–H and O–H groups in total. The van der Waals surface area contributed by atoms with Crippen LogP contribution in [0, 0.1) is 6.92 Å². The Labute approximate surface area is 95.2 Å². The van der Waals surface area contributed by atoms with E-state index in [4.69, 9.17) is 9.47 Å². The number of thiol groups is 1. The summed E-state index contributed by atoms with van der Waals surface area (Å²) < 4.78 is 10.6. The lowest BCUT2D eigenvalue weighted by atomic mass is 10.1. The van der Waals surface area contributed by atoms with Gasteiger partial charge in [-0.1, -0.05) is 0 Å². The lowest BCUT2D eigenvalue weighted by Gasteiger charge is -2.08. The van der Waals surface area contributed by atoms with E-state index in [1.54, 1.807) is 0 Å². The van der Waals surface area contributed by atoms with E-state index in [9.17, 15) is 0 Å². The van der Waals surface area contributed by atoms with Gasteiger partial charge in [0.15, 0.2) is 11.5 Å². The molecule has 1 aromatic carbocycles. The molecule has 1 heterocycles. The molecule has 0 bridgehead atoms. The molecule has 82 valence electrons. The van der Waals surface area contributed by atoms with E-state index in [1.807, 2.05) is 12.1 Å². The number of ether oxygens (including phenoxy) is 2. The summed E-state index contributed by atoms with van der Waals surface area (Å²) in [6.07, 6.45) is 0. The molecule has 0 unspecified atom stereocenters. The Kier molecular flexibility index (Phi) is 3.38. The van der Waals surface area contributed by atoms with Crippen LogP contribution >= 0.6 is 12.6 Å². The molecule has 4 heteroatoms. The summed E-state index contributed by atoms with van der Waals surface area (Å²) in [4.78, 5) is 0. The van der Waals surface area contributed by atoms with E-state index in [-0.39, 0.29) is 0 Å². The number of nitrogens with one attached hydrogen (secondary N) is 1. The maximum Gasteiger partial charge on any atom is 0.231 e. The zero-order valence-corrected chi connectivity index (χ0v) is 9.64. The standard InChI is InChI=1S/C11H15NO2S/c1-8-4-10-11(14-7-13-10)5-9(8)6-12-2-3-15/h4-5,12,15H,2-3,6-7H2,1H3. The first-order chi connectivity index (χ1) is 7.31. The second-order valence-corrected chi connectivity index (χ2v) is 3.98. The molecular weight excluding hydrogens is 210 g/mol. The first-order valence-corrected chi connectivity index (χ1v) is 5.65. The molecule has 0 aromatic heterocycles. The molecule has 1 aliphatic rings. The highest BCUT2D eigenvalue weighted by Gasteiger charge is 2.15. The molecule has 3 nitrogen and oxygen atoms in total. The van der Waals surface area contributed by atoms with Crippen LogP contribution in [0.3, 0.4) is 0 Å². The lowest BCUT2D eigenvalue weighted by molar-refractivity contribution is 0.174. The molecule has 0 aliphatic carbocycles. The first kappa shape index (κ1) is 10.6. The smallest absolute Gasteiger partial charge is 0.231 e. The minimum atomic E-state index is 0.336. The molecular formula is C11H15NO2S. The van der Waals surface area contributed by atoms with Gasteiger partial charge in [0.25, 0.3) is 0 Å². The molecule has 2 rings (SSSR count). The summed E-state index contributed by atoms with van der Waals surface area (Å²) in [6.45, 7) is 4.18. The van der Waals surface area contributed by atoms with Crippen molar-refractivity contribution in [2.75, 3.05) is 19.1 Å². The van der Waals surface area contributed by atoms with Crippen LogP contribution in [0.5, 0.6) is 11.5 Å². The maximum atomic E-state index is 5.34. The molecule has 15 heavy (non-hydrogen) atoms. The number of fused-ring (bicyclic) bond motifs is 1. The third-order valence-electron chi connectivity index (χ3n) is 2.44. The fourth-order valence-corrected chi connectivity index (χ4v) is 1.74. The molecule has 1 aliphatic heterocycles. The second-order valence-electron chi connectivity index (χ2n) is 3.53. The van der Waals surface area contributed by atoms with Crippen LogP contribution < -0.4 is 14.8 Å². The molecule has 0 saturated heterocycles. The van der Waals surface area contributed by atoms with E-state index in [2.05, 4.69) is 24.9 Å². The van der Waals surface area contributed by atoms with E-state index in [0.717, 1.165) is 30.3 Å². The number of rotatable bonds is 4. The molecule has 0 amide bonds. The van der Waals surface area contributed by atoms with Crippen LogP contribution in [0.15, 0.2) is 12.1 Å². The van der Waals surface area contributed by atoms with Gasteiger partial charge in [0.1, 0.15) is 0 Å². The first-order valence-electron chi connectivity index (χ1n) is 5.02. The predicted molar refractivity (Wildman–Crippen MR) is 62.9 cm³/mol. The van der Waals surface area contributed by atoms with Gasteiger partial charge in [-0.05, 0) is 30.2 Å². The predicted octanol–water partition coefficient (Wildman–Crippen LogP) is 1.74. The fourth-order valence-electron chi connectivity index (χ4n) is 1.58. The van der Waals surface area contributed by atoms with Crippen LogP contribution in [0.2, 0.25) is 0 Å². The van der Waals surface area contributed by atoms with Gasteiger partial charge >= 0.3 is 0 Å². The van der Waals surface area contributed by atoms with Gasteiger partial charge in [-0.3, -0.25) is 0 Å². The summed E-state index contributed by atoms with van der Waals surface area (Å²) in [7, 11) is 0. The van der Waals surface area contributed by atoms with Crippen LogP contribution in [-0.4, -0.2) is 19.1 Å². The Morgan fingerprint density at radius 1 is 1.33 bits per heavy atom. The van der Waals surface area contributed by atoms with Crippen molar-refractivity contribution >= 4 is 12.6 Å². The summed E-state index contributed by atoms with van der Waals surface area (Å²) in [6, 6.07) is 4.07. The molecule has 0 spiro atoms. The van der Waals surface area contributed by atoms with Crippen LogP contribution in [0.4, 0.5) is 0 Å². The monoisotopic (exact) mass is 225 g/mol. The average Bonchev–Trinajstić information content (AvgIpc) is 2.65. The molecule has 0 fully saturated rings. The Balaban J connectivity index is 2.10. The minimum absolute atomic E-state index is 0.336. The van der Waals surface area contributed by atoms with Crippen molar-refractivity contribution in [3.05, 3.63) is 23.3 Å². The highest BCUT2D eigenvalue weighted by Crippen LogP contribution is 2.34. The van der Waals surface area contributed by atoms with Crippen molar-refractivity contribution in [2.24, 2.45) is 0 Å². The number of aryl methyl sites for hydroxylation is 1. The fraction of sp³-hybridized carbons (Fsp3) is 0.455. The maximum absolute atomic E-state index is 5.34. The summed E-state index contributed by atoms with van der Waals surface area (Å²) >= 11 is 4.15. The van der Waals surface area contributed by atoms with Gasteiger partial charge in [-0.15, -0.1) is 0 Å². The second kappa shape index (κ2) is 4.77. The molecule has 0 atom stereocenters. The third-order valence-corrected chi connectivity index (χ3v) is 2.66. The number of hydrogen-bond acceptors (Lipinski definition) is 4. The van der Waals surface area contributed by atoms with Gasteiger partial charge in [0.2, 0.25) is 6.79 Å². The van der Waals surface area contributed by atoms with Crippen molar-refractivity contribution in [2.45, 2.75) is 13.5 Å². The Morgan fingerprint density at radius 2 is 2.07 bits per heavy atom. The number of hydrogen-bond donors (Lipinski definition) is 2. The highest BCUT2D eigenvalue weighted by molar-refractivity contribution is 7.80. The number of benzene rings is 1. The zero-order valence-electron chi connectivity index (χ0n) is 8.75. The molecule has 0 radical (unpaired) electrons. The van der Waals surface area contributed by atoms with Gasteiger partial charge in [-0.2, -0.15) is 12.6 Å². The van der Waals surface area contributed by atoms with Crippen molar-refractivity contribution < 1.29 is 9.47 Å². The van der Waals surface area contributed by atoms with Gasteiger partial charge < -0.3 is 14.8 Å². The van der Waals surface area contributed by atoms with Crippen molar-refractivity contribution in [3.8, 4) is 11.5 Å². The Hall–Kier alpha value is -0.870. The van der Waals surface area contributed by atoms with Gasteiger partial charge in [0.05, 0.1) is 0 Å². The van der Waals surface area contributed by atoms with Crippen LogP contribution in [0.1, 0.15) is 11.1 Å². The lowest BCUT2D eigenvalue weighted by Crippen LogP contribution is -2.16. The quantitative estimate of drug-likeness (QED) is 0.604. The Bertz CT molecular complexity index is 355. The minimum Gasteiger partial charge on any atom is -0.454 e.